The zero-order chi connectivity index (χ0) is 13.0. The maximum absolute atomic E-state index is 5.81. The van der Waals surface area contributed by atoms with E-state index >= 15 is 0 Å². The molecule has 1 N–H and O–H groups in total. The summed E-state index contributed by atoms with van der Waals surface area (Å²) in [6.45, 7) is 7.27. The molecule has 0 amide bonds. The minimum absolute atomic E-state index is 0.156. The first-order chi connectivity index (χ1) is 8.70. The number of benzene rings is 1. The standard InChI is InChI=1S/C15H20N2O/c1-4-8-16-12(3)15-17-10-14(18-15)13-7-5-6-11(2)9-13/h5-7,9-10,12,16H,4,8H2,1-3H3. The Morgan fingerprint density at radius 2 is 2.22 bits per heavy atom. The van der Waals surface area contributed by atoms with Crippen molar-refractivity contribution in [3.05, 3.63) is 41.9 Å². The largest absolute Gasteiger partial charge is 0.439 e. The molecule has 0 bridgehead atoms. The normalized spacial score (nSPS) is 12.6. The lowest BCUT2D eigenvalue weighted by molar-refractivity contribution is 0.423. The van der Waals surface area contributed by atoms with Crippen molar-refractivity contribution in [1.29, 1.82) is 0 Å². The topological polar surface area (TPSA) is 38.1 Å². The lowest BCUT2D eigenvalue weighted by atomic mass is 10.1. The Labute approximate surface area is 108 Å². The van der Waals surface area contributed by atoms with Gasteiger partial charge in [0, 0.05) is 5.56 Å². The summed E-state index contributed by atoms with van der Waals surface area (Å²) in [6, 6.07) is 8.41. The van der Waals surface area contributed by atoms with Crippen LogP contribution in [0.1, 0.15) is 37.8 Å². The molecule has 0 aliphatic heterocycles. The van der Waals surface area contributed by atoms with E-state index in [1.54, 1.807) is 6.20 Å². The molecule has 2 aromatic rings. The Kier molecular flexibility index (Phi) is 4.15. The van der Waals surface area contributed by atoms with Crippen molar-refractivity contribution in [3.8, 4) is 11.3 Å². The van der Waals surface area contributed by atoms with E-state index in [2.05, 4.69) is 43.2 Å². The molecule has 0 fully saturated rings. The quantitative estimate of drug-likeness (QED) is 0.871. The second-order valence-electron chi connectivity index (χ2n) is 4.61. The molecule has 96 valence electrons. The van der Waals surface area contributed by atoms with Crippen LogP contribution in [-0.4, -0.2) is 11.5 Å². The summed E-state index contributed by atoms with van der Waals surface area (Å²) in [5, 5.41) is 3.37. The highest BCUT2D eigenvalue weighted by Crippen LogP contribution is 2.23. The van der Waals surface area contributed by atoms with Crippen molar-refractivity contribution < 1.29 is 4.42 Å². The minimum atomic E-state index is 0.156. The molecule has 0 saturated heterocycles. The van der Waals surface area contributed by atoms with Gasteiger partial charge in [0.15, 0.2) is 5.76 Å². The second-order valence-corrected chi connectivity index (χ2v) is 4.61. The molecule has 1 aromatic heterocycles. The van der Waals surface area contributed by atoms with Crippen LogP contribution in [-0.2, 0) is 0 Å². The second kappa shape index (κ2) is 5.83. The van der Waals surface area contributed by atoms with E-state index in [1.807, 2.05) is 12.1 Å². The van der Waals surface area contributed by atoms with Crippen molar-refractivity contribution in [1.82, 2.24) is 10.3 Å². The smallest absolute Gasteiger partial charge is 0.211 e. The summed E-state index contributed by atoms with van der Waals surface area (Å²) in [5.74, 6) is 1.58. The Balaban J connectivity index is 2.15. The van der Waals surface area contributed by atoms with Gasteiger partial charge in [0.1, 0.15) is 0 Å². The van der Waals surface area contributed by atoms with E-state index in [0.717, 1.165) is 30.2 Å². The Bertz CT molecular complexity index is 505. The number of oxazole rings is 1. The summed E-state index contributed by atoms with van der Waals surface area (Å²) in [5.41, 5.74) is 2.30. The van der Waals surface area contributed by atoms with Crippen LogP contribution in [0.3, 0.4) is 0 Å². The van der Waals surface area contributed by atoms with Crippen molar-refractivity contribution in [2.45, 2.75) is 33.2 Å². The van der Waals surface area contributed by atoms with Crippen molar-refractivity contribution >= 4 is 0 Å². The fourth-order valence-corrected chi connectivity index (χ4v) is 1.87. The third kappa shape index (κ3) is 2.99. The van der Waals surface area contributed by atoms with E-state index in [0.29, 0.717) is 0 Å². The number of hydrogen-bond acceptors (Lipinski definition) is 3. The van der Waals surface area contributed by atoms with E-state index in [9.17, 15) is 0 Å². The van der Waals surface area contributed by atoms with E-state index in [1.165, 1.54) is 5.56 Å². The van der Waals surface area contributed by atoms with Gasteiger partial charge in [-0.1, -0.05) is 30.7 Å². The first kappa shape index (κ1) is 12.8. The van der Waals surface area contributed by atoms with E-state index < -0.39 is 0 Å². The molecule has 1 heterocycles. The minimum Gasteiger partial charge on any atom is -0.439 e. The number of nitrogens with zero attached hydrogens (tertiary/aromatic N) is 1. The molecule has 0 saturated carbocycles. The highest BCUT2D eigenvalue weighted by molar-refractivity contribution is 5.57. The Morgan fingerprint density at radius 1 is 1.39 bits per heavy atom. The average molecular weight is 244 g/mol. The summed E-state index contributed by atoms with van der Waals surface area (Å²) >= 11 is 0. The van der Waals surface area contributed by atoms with Gasteiger partial charge >= 0.3 is 0 Å². The molecule has 0 radical (unpaired) electrons. The number of aryl methyl sites for hydroxylation is 1. The monoisotopic (exact) mass is 244 g/mol. The molecule has 1 aromatic carbocycles. The van der Waals surface area contributed by atoms with Crippen LogP contribution in [0.4, 0.5) is 0 Å². The van der Waals surface area contributed by atoms with Gasteiger partial charge in [0.2, 0.25) is 5.89 Å². The molecule has 0 spiro atoms. The van der Waals surface area contributed by atoms with Gasteiger partial charge in [0.05, 0.1) is 12.2 Å². The van der Waals surface area contributed by atoms with Gasteiger partial charge in [-0.15, -0.1) is 0 Å². The average Bonchev–Trinajstić information content (AvgIpc) is 2.85. The van der Waals surface area contributed by atoms with Crippen molar-refractivity contribution in [3.63, 3.8) is 0 Å². The zero-order valence-electron chi connectivity index (χ0n) is 11.2. The van der Waals surface area contributed by atoms with Crippen LogP contribution in [0.5, 0.6) is 0 Å². The zero-order valence-corrected chi connectivity index (χ0v) is 11.2. The third-order valence-corrected chi connectivity index (χ3v) is 2.90. The number of aromatic nitrogens is 1. The summed E-state index contributed by atoms with van der Waals surface area (Å²) in [7, 11) is 0. The van der Waals surface area contributed by atoms with Crippen LogP contribution < -0.4 is 5.32 Å². The maximum Gasteiger partial charge on any atom is 0.211 e. The summed E-state index contributed by atoms with van der Waals surface area (Å²) in [4.78, 5) is 4.35. The maximum atomic E-state index is 5.81. The fraction of sp³-hybridized carbons (Fsp3) is 0.400. The van der Waals surface area contributed by atoms with Crippen molar-refractivity contribution in [2.75, 3.05) is 6.54 Å². The lowest BCUT2D eigenvalue weighted by Gasteiger charge is -2.08. The number of hydrogen-bond donors (Lipinski definition) is 1. The number of rotatable bonds is 5. The van der Waals surface area contributed by atoms with E-state index in [-0.39, 0.29) is 6.04 Å². The van der Waals surface area contributed by atoms with Crippen LogP contribution in [0.2, 0.25) is 0 Å². The molecule has 0 aliphatic carbocycles. The lowest BCUT2D eigenvalue weighted by Crippen LogP contribution is -2.19. The highest BCUT2D eigenvalue weighted by atomic mass is 16.4. The predicted molar refractivity (Wildman–Crippen MR) is 73.4 cm³/mol. The first-order valence-electron chi connectivity index (χ1n) is 6.47. The summed E-state index contributed by atoms with van der Waals surface area (Å²) < 4.78 is 5.81. The molecule has 18 heavy (non-hydrogen) atoms. The number of nitrogens with one attached hydrogen (secondary N) is 1. The van der Waals surface area contributed by atoms with Crippen LogP contribution in [0.15, 0.2) is 34.9 Å². The first-order valence-corrected chi connectivity index (χ1v) is 6.47. The van der Waals surface area contributed by atoms with Gasteiger partial charge in [0.25, 0.3) is 0 Å². The molecule has 1 atom stereocenters. The third-order valence-electron chi connectivity index (χ3n) is 2.90. The van der Waals surface area contributed by atoms with Gasteiger partial charge in [-0.2, -0.15) is 0 Å². The van der Waals surface area contributed by atoms with Crippen LogP contribution >= 0.6 is 0 Å². The van der Waals surface area contributed by atoms with Gasteiger partial charge < -0.3 is 9.73 Å². The predicted octanol–water partition coefficient (Wildman–Crippen LogP) is 3.71. The molecule has 1 unspecified atom stereocenters. The SMILES string of the molecule is CCCNC(C)c1ncc(-c2cccc(C)c2)o1. The fourth-order valence-electron chi connectivity index (χ4n) is 1.87. The van der Waals surface area contributed by atoms with E-state index in [4.69, 9.17) is 4.42 Å². The van der Waals surface area contributed by atoms with Gasteiger partial charge in [-0.05, 0) is 32.9 Å². The molecular weight excluding hydrogens is 224 g/mol. The Hall–Kier alpha value is -1.61. The molecular formula is C15H20N2O. The van der Waals surface area contributed by atoms with Gasteiger partial charge in [-0.25, -0.2) is 4.98 Å². The highest BCUT2D eigenvalue weighted by Gasteiger charge is 2.12. The summed E-state index contributed by atoms with van der Waals surface area (Å²) in [6.07, 6.45) is 2.91. The van der Waals surface area contributed by atoms with Crippen molar-refractivity contribution in [2.24, 2.45) is 0 Å². The molecule has 2 rings (SSSR count). The molecule has 3 heteroatoms. The molecule has 0 aliphatic rings. The molecule has 3 nitrogen and oxygen atoms in total. The van der Waals surface area contributed by atoms with Gasteiger partial charge in [-0.3, -0.25) is 0 Å². The Morgan fingerprint density at radius 3 is 2.94 bits per heavy atom. The van der Waals surface area contributed by atoms with Crippen LogP contribution in [0.25, 0.3) is 11.3 Å². The van der Waals surface area contributed by atoms with Crippen LogP contribution in [0, 0.1) is 6.92 Å².